The topological polar surface area (TPSA) is 25.8 Å². The zero-order valence-corrected chi connectivity index (χ0v) is 21.4. The highest BCUT2D eigenvalue weighted by Crippen LogP contribution is 2.42. The molecule has 0 unspecified atom stereocenters. The lowest BCUT2D eigenvalue weighted by molar-refractivity contribution is -0.137. The molecule has 0 fully saturated rings. The van der Waals surface area contributed by atoms with Gasteiger partial charge in [0.15, 0.2) is 0 Å². The highest BCUT2D eigenvalue weighted by molar-refractivity contribution is 7.19. The van der Waals surface area contributed by atoms with Gasteiger partial charge in [-0.15, -0.1) is 22.7 Å². The molecule has 3 heterocycles. The van der Waals surface area contributed by atoms with E-state index >= 15 is 0 Å². The van der Waals surface area contributed by atoms with E-state index in [1.807, 2.05) is 36.4 Å². The molecule has 184 valence electrons. The van der Waals surface area contributed by atoms with Gasteiger partial charge in [-0.1, -0.05) is 48.5 Å². The molecule has 6 aromatic rings. The minimum atomic E-state index is -4.35. The molecule has 0 spiro atoms. The molecule has 0 radical (unpaired) electrons. The Labute approximate surface area is 221 Å². The molecular formula is C28H16F4N2S3. The highest BCUT2D eigenvalue weighted by atomic mass is 32.1. The van der Waals surface area contributed by atoms with Crippen LogP contribution >= 0.6 is 34.4 Å². The summed E-state index contributed by atoms with van der Waals surface area (Å²) in [5, 5.41) is 0. The van der Waals surface area contributed by atoms with Crippen LogP contribution in [0.3, 0.4) is 0 Å². The van der Waals surface area contributed by atoms with Crippen LogP contribution < -0.4 is 0 Å². The first-order valence-corrected chi connectivity index (χ1v) is 13.6. The van der Waals surface area contributed by atoms with E-state index in [1.54, 1.807) is 23.5 Å². The summed E-state index contributed by atoms with van der Waals surface area (Å²) in [7, 11) is 0. The number of benzene rings is 3. The summed E-state index contributed by atoms with van der Waals surface area (Å²) in [6.07, 6.45) is -4.35. The maximum atomic E-state index is 12.9. The number of fused-ring (bicyclic) bond motifs is 1. The molecule has 0 bridgehead atoms. The zero-order valence-electron chi connectivity index (χ0n) is 18.9. The van der Waals surface area contributed by atoms with Crippen LogP contribution in [0.4, 0.5) is 17.6 Å². The van der Waals surface area contributed by atoms with Crippen molar-refractivity contribution in [2.24, 2.45) is 0 Å². The predicted molar refractivity (Wildman–Crippen MR) is 145 cm³/mol. The number of nitrogens with zero attached hydrogens (tertiary/aromatic N) is 2. The Kier molecular flexibility index (Phi) is 6.14. The van der Waals surface area contributed by atoms with Gasteiger partial charge in [0.2, 0.25) is 0 Å². The molecule has 0 aliphatic heterocycles. The first kappa shape index (κ1) is 24.0. The minimum absolute atomic E-state index is 0.479. The van der Waals surface area contributed by atoms with Crippen LogP contribution in [0.15, 0.2) is 84.9 Å². The summed E-state index contributed by atoms with van der Waals surface area (Å²) >= 11 is 4.30. The Bertz CT molecular complexity index is 1690. The summed E-state index contributed by atoms with van der Waals surface area (Å²) in [5.74, 6) is 0. The van der Waals surface area contributed by atoms with Gasteiger partial charge in [0.25, 0.3) is 0 Å². The molecule has 0 aliphatic carbocycles. The fourth-order valence-electron chi connectivity index (χ4n) is 4.12. The lowest BCUT2D eigenvalue weighted by Gasteiger charge is -2.06. The van der Waals surface area contributed by atoms with Crippen LogP contribution in [0.1, 0.15) is 11.1 Å². The normalized spacial score (nSPS) is 11.9. The smallest absolute Gasteiger partial charge is 0.246 e. The molecule has 2 nitrogen and oxygen atoms in total. The number of hydrogen-bond acceptors (Lipinski definition) is 5. The van der Waals surface area contributed by atoms with Crippen molar-refractivity contribution in [2.75, 3.05) is 0 Å². The number of thiophene rings is 2. The van der Waals surface area contributed by atoms with Crippen molar-refractivity contribution >= 4 is 45.4 Å². The molecule has 0 amide bonds. The molecule has 0 atom stereocenters. The van der Waals surface area contributed by atoms with Gasteiger partial charge in [-0.2, -0.15) is 21.9 Å². The van der Waals surface area contributed by atoms with Crippen molar-refractivity contribution in [1.29, 1.82) is 0 Å². The van der Waals surface area contributed by atoms with Crippen molar-refractivity contribution in [3.8, 4) is 41.8 Å². The zero-order chi connectivity index (χ0) is 25.6. The van der Waals surface area contributed by atoms with Gasteiger partial charge in [0, 0.05) is 30.6 Å². The van der Waals surface area contributed by atoms with E-state index in [2.05, 4.69) is 20.9 Å². The van der Waals surface area contributed by atoms with Crippen LogP contribution in [-0.2, 0) is 12.9 Å². The second kappa shape index (κ2) is 9.48. The van der Waals surface area contributed by atoms with Crippen LogP contribution in [0.2, 0.25) is 0 Å². The van der Waals surface area contributed by atoms with Crippen molar-refractivity contribution in [2.45, 2.75) is 12.9 Å². The van der Waals surface area contributed by atoms with Gasteiger partial charge < -0.3 is 0 Å². The van der Waals surface area contributed by atoms with Crippen molar-refractivity contribution in [3.05, 3.63) is 96.1 Å². The number of halogens is 4. The second-order valence-electron chi connectivity index (χ2n) is 8.36. The third-order valence-corrected chi connectivity index (χ3v) is 8.91. The van der Waals surface area contributed by atoms with Gasteiger partial charge in [-0.05, 0) is 53.1 Å². The monoisotopic (exact) mass is 552 g/mol. The van der Waals surface area contributed by atoms with E-state index in [0.29, 0.717) is 5.56 Å². The summed E-state index contributed by atoms with van der Waals surface area (Å²) in [6.45, 7) is -0.479. The van der Waals surface area contributed by atoms with Crippen LogP contribution in [0, 0.1) is 0 Å². The number of hydrogen-bond donors (Lipinski definition) is 0. The first-order chi connectivity index (χ1) is 17.9. The fourth-order valence-corrected chi connectivity index (χ4v) is 6.77. The van der Waals surface area contributed by atoms with E-state index in [-0.39, 0.29) is 0 Å². The van der Waals surface area contributed by atoms with Gasteiger partial charge in [-0.3, -0.25) is 0 Å². The van der Waals surface area contributed by atoms with Gasteiger partial charge >= 0.3 is 6.18 Å². The van der Waals surface area contributed by atoms with Crippen LogP contribution in [0.5, 0.6) is 0 Å². The lowest BCUT2D eigenvalue weighted by Crippen LogP contribution is -2.03. The average Bonchev–Trinajstić information content (AvgIpc) is 3.69. The summed E-state index contributed by atoms with van der Waals surface area (Å²) in [6, 6.07) is 24.7. The van der Waals surface area contributed by atoms with E-state index in [1.165, 1.54) is 23.5 Å². The Balaban J connectivity index is 1.32. The molecule has 3 aromatic heterocycles. The van der Waals surface area contributed by atoms with Crippen molar-refractivity contribution in [1.82, 2.24) is 8.75 Å². The SMILES string of the molecule is FCc1ccc(-c2ccc(-c3ccc(-c4ccc(-c5ccc(C(F)(F)F)cc5)s4)c4nsnc34)s2)cc1. The lowest BCUT2D eigenvalue weighted by atomic mass is 10.1. The van der Waals surface area contributed by atoms with Crippen molar-refractivity contribution in [3.63, 3.8) is 0 Å². The summed E-state index contributed by atoms with van der Waals surface area (Å²) < 4.78 is 60.7. The van der Waals surface area contributed by atoms with Crippen molar-refractivity contribution < 1.29 is 17.6 Å². The molecule has 0 saturated carbocycles. The molecular weight excluding hydrogens is 537 g/mol. The van der Waals surface area contributed by atoms with E-state index in [0.717, 1.165) is 76.7 Å². The first-order valence-electron chi connectivity index (χ1n) is 11.2. The van der Waals surface area contributed by atoms with E-state index < -0.39 is 18.4 Å². The van der Waals surface area contributed by atoms with Crippen LogP contribution in [0.25, 0.3) is 52.8 Å². The molecule has 9 heteroatoms. The van der Waals surface area contributed by atoms with Gasteiger partial charge in [0.1, 0.15) is 17.7 Å². The quantitative estimate of drug-likeness (QED) is 0.199. The third kappa shape index (κ3) is 4.58. The fraction of sp³-hybridized carbons (Fsp3) is 0.0714. The molecule has 0 aliphatic rings. The van der Waals surface area contributed by atoms with Gasteiger partial charge in [-0.25, -0.2) is 4.39 Å². The third-order valence-electron chi connectivity index (χ3n) is 6.05. The summed E-state index contributed by atoms with van der Waals surface area (Å²) in [4.78, 5) is 4.00. The van der Waals surface area contributed by atoms with Crippen LogP contribution in [-0.4, -0.2) is 8.75 Å². The Morgan fingerprint density at radius 3 is 1.49 bits per heavy atom. The van der Waals surface area contributed by atoms with E-state index in [9.17, 15) is 17.6 Å². The maximum Gasteiger partial charge on any atom is 0.416 e. The van der Waals surface area contributed by atoms with E-state index in [4.69, 9.17) is 0 Å². The number of aromatic nitrogens is 2. The molecule has 37 heavy (non-hydrogen) atoms. The molecule has 6 rings (SSSR count). The Morgan fingerprint density at radius 2 is 1.03 bits per heavy atom. The Morgan fingerprint density at radius 1 is 0.568 bits per heavy atom. The maximum absolute atomic E-state index is 12.9. The van der Waals surface area contributed by atoms with Gasteiger partial charge in [0.05, 0.1) is 17.3 Å². The average molecular weight is 553 g/mol. The Hall–Kier alpha value is -3.40. The highest BCUT2D eigenvalue weighted by Gasteiger charge is 2.30. The second-order valence-corrected chi connectivity index (χ2v) is 11.1. The molecule has 0 saturated heterocycles. The predicted octanol–water partition coefficient (Wildman–Crippen LogP) is 9.97. The number of alkyl halides is 4. The number of rotatable bonds is 5. The minimum Gasteiger partial charge on any atom is -0.246 e. The molecule has 0 N–H and O–H groups in total. The summed E-state index contributed by atoms with van der Waals surface area (Å²) in [5.41, 5.74) is 5.30. The molecule has 3 aromatic carbocycles. The largest absolute Gasteiger partial charge is 0.416 e. The standard InChI is InChI=1S/C28H16F4N2S3/c29-15-16-1-3-17(4-2-16)22-11-13-24(35-22)20-9-10-21(27-26(20)33-37-34-27)25-14-12-23(36-25)18-5-7-19(8-6-18)28(30,31)32/h1-14H,15H2.